The van der Waals surface area contributed by atoms with Crippen LogP contribution in [0.1, 0.15) is 10.4 Å². The number of aryl methyl sites for hydroxylation is 2. The summed E-state index contributed by atoms with van der Waals surface area (Å²) >= 11 is 11.0. The molecule has 0 radical (unpaired) electrons. The van der Waals surface area contributed by atoms with Crippen LogP contribution in [0, 0.1) is 13.8 Å². The van der Waals surface area contributed by atoms with E-state index in [2.05, 4.69) is 34.8 Å². The summed E-state index contributed by atoms with van der Waals surface area (Å²) in [5, 5.41) is 1.73. The molecule has 2 aromatic heterocycles. The van der Waals surface area contributed by atoms with Crippen molar-refractivity contribution in [3.8, 4) is 0 Å². The van der Waals surface area contributed by atoms with Gasteiger partial charge < -0.3 is 0 Å². The average Bonchev–Trinajstić information content (AvgIpc) is 2.27. The maximum atomic E-state index is 5.85. The summed E-state index contributed by atoms with van der Waals surface area (Å²) < 4.78 is 1.03. The molecule has 0 saturated heterocycles. The molecule has 68 valence electrons. The molecule has 0 aliphatic heterocycles. The topological polar surface area (TPSA) is 12.9 Å². The number of fused-ring (bicyclic) bond motifs is 1. The van der Waals surface area contributed by atoms with Gasteiger partial charge >= 0.3 is 0 Å². The minimum atomic E-state index is 0.542. The van der Waals surface area contributed by atoms with Crippen LogP contribution in [0.25, 0.3) is 10.2 Å². The van der Waals surface area contributed by atoms with Crippen LogP contribution in [0.3, 0.4) is 0 Å². The van der Waals surface area contributed by atoms with Gasteiger partial charge in [-0.2, -0.15) is 0 Å². The minimum Gasteiger partial charge on any atom is -0.225 e. The molecular weight excluding hydrogens is 270 g/mol. The molecule has 1 nitrogen and oxygen atoms in total. The smallest absolute Gasteiger partial charge is 0.131 e. The molecule has 0 spiro atoms. The van der Waals surface area contributed by atoms with E-state index in [-0.39, 0.29) is 0 Å². The fourth-order valence-electron chi connectivity index (χ4n) is 1.28. The van der Waals surface area contributed by atoms with E-state index in [0.29, 0.717) is 5.15 Å². The Morgan fingerprint density at radius 3 is 2.85 bits per heavy atom. The highest BCUT2D eigenvalue weighted by Crippen LogP contribution is 2.35. The Balaban J connectivity index is 2.94. The van der Waals surface area contributed by atoms with Gasteiger partial charge in [-0.1, -0.05) is 11.6 Å². The van der Waals surface area contributed by atoms with Gasteiger partial charge in [0.1, 0.15) is 9.98 Å². The van der Waals surface area contributed by atoms with Crippen LogP contribution in [-0.2, 0) is 0 Å². The van der Waals surface area contributed by atoms with Crippen molar-refractivity contribution in [1.29, 1.82) is 0 Å². The first-order valence-electron chi connectivity index (χ1n) is 3.81. The molecule has 0 amide bonds. The van der Waals surface area contributed by atoms with Crippen molar-refractivity contribution >= 4 is 49.1 Å². The van der Waals surface area contributed by atoms with Crippen molar-refractivity contribution in [2.45, 2.75) is 13.8 Å². The second-order valence-corrected chi connectivity index (χ2v) is 5.33. The van der Waals surface area contributed by atoms with E-state index < -0.39 is 0 Å². The zero-order valence-electron chi connectivity index (χ0n) is 7.19. The maximum absolute atomic E-state index is 5.85. The monoisotopic (exact) mass is 275 g/mol. The molecule has 4 heteroatoms. The second-order valence-electron chi connectivity index (χ2n) is 2.89. The lowest BCUT2D eigenvalue weighted by atomic mass is 10.2. The Labute approximate surface area is 93.9 Å². The Hall–Kier alpha value is -0.120. The summed E-state index contributed by atoms with van der Waals surface area (Å²) in [5.41, 5.74) is 1.29. The molecule has 0 bridgehead atoms. The minimum absolute atomic E-state index is 0.542. The first kappa shape index (κ1) is 9.44. The lowest BCUT2D eigenvalue weighted by Gasteiger charge is -1.96. The van der Waals surface area contributed by atoms with Crippen molar-refractivity contribution in [2.24, 2.45) is 0 Å². The van der Waals surface area contributed by atoms with Crippen LogP contribution < -0.4 is 0 Å². The Morgan fingerprint density at radius 1 is 1.46 bits per heavy atom. The van der Waals surface area contributed by atoms with Crippen molar-refractivity contribution in [3.63, 3.8) is 0 Å². The number of pyridine rings is 1. The molecular formula is C9H7BrClNS. The predicted molar refractivity (Wildman–Crippen MR) is 61.8 cm³/mol. The van der Waals surface area contributed by atoms with Gasteiger partial charge in [0.15, 0.2) is 0 Å². The van der Waals surface area contributed by atoms with E-state index in [9.17, 15) is 0 Å². The molecule has 0 atom stereocenters. The highest BCUT2D eigenvalue weighted by molar-refractivity contribution is 9.10. The molecule has 2 heterocycles. The normalized spacial score (nSPS) is 11.1. The van der Waals surface area contributed by atoms with E-state index >= 15 is 0 Å². The molecule has 0 unspecified atom stereocenters. The molecule has 0 N–H and O–H groups in total. The molecule has 0 saturated carbocycles. The summed E-state index contributed by atoms with van der Waals surface area (Å²) in [6.07, 6.45) is 0. The lowest BCUT2D eigenvalue weighted by Crippen LogP contribution is -1.78. The van der Waals surface area contributed by atoms with Crippen molar-refractivity contribution in [1.82, 2.24) is 4.98 Å². The molecule has 2 rings (SSSR count). The summed E-state index contributed by atoms with van der Waals surface area (Å²) in [6.45, 7) is 4.20. The highest BCUT2D eigenvalue weighted by Gasteiger charge is 2.10. The van der Waals surface area contributed by atoms with Crippen LogP contribution in [0.15, 0.2) is 10.5 Å². The quantitative estimate of drug-likeness (QED) is 0.653. The highest BCUT2D eigenvalue weighted by atomic mass is 79.9. The lowest BCUT2D eigenvalue weighted by molar-refractivity contribution is 1.41. The second kappa shape index (κ2) is 3.23. The van der Waals surface area contributed by atoms with E-state index in [1.54, 1.807) is 11.3 Å². The van der Waals surface area contributed by atoms with E-state index in [1.807, 2.05) is 6.07 Å². The van der Waals surface area contributed by atoms with Crippen LogP contribution >= 0.6 is 38.9 Å². The average molecular weight is 277 g/mol. The van der Waals surface area contributed by atoms with Gasteiger partial charge in [0.2, 0.25) is 0 Å². The van der Waals surface area contributed by atoms with Gasteiger partial charge in [-0.25, -0.2) is 4.98 Å². The van der Waals surface area contributed by atoms with Gasteiger partial charge in [-0.05, 0) is 41.4 Å². The van der Waals surface area contributed by atoms with E-state index in [1.165, 1.54) is 15.8 Å². The van der Waals surface area contributed by atoms with Crippen LogP contribution in [-0.4, -0.2) is 4.98 Å². The number of hydrogen-bond donors (Lipinski definition) is 0. The number of nitrogens with zero attached hydrogens (tertiary/aromatic N) is 1. The van der Waals surface area contributed by atoms with Gasteiger partial charge in [0, 0.05) is 14.7 Å². The van der Waals surface area contributed by atoms with Gasteiger partial charge in [0.25, 0.3) is 0 Å². The molecule has 0 fully saturated rings. The number of rotatable bonds is 0. The standard InChI is InChI=1S/C9H7BrClNS/c1-4-5(2)13-9-8(4)6(10)3-7(11)12-9/h3H,1-2H3. The summed E-state index contributed by atoms with van der Waals surface area (Å²) in [4.78, 5) is 6.58. The first-order chi connectivity index (χ1) is 6.09. The number of thiophene rings is 1. The molecule has 13 heavy (non-hydrogen) atoms. The van der Waals surface area contributed by atoms with Crippen molar-refractivity contribution in [3.05, 3.63) is 26.1 Å². The fourth-order valence-corrected chi connectivity index (χ4v) is 3.54. The third kappa shape index (κ3) is 1.49. The van der Waals surface area contributed by atoms with Crippen LogP contribution in [0.5, 0.6) is 0 Å². The molecule has 2 aromatic rings. The zero-order chi connectivity index (χ0) is 9.59. The predicted octanol–water partition coefficient (Wildman–Crippen LogP) is 4.33. The SMILES string of the molecule is Cc1sc2nc(Cl)cc(Br)c2c1C. The maximum Gasteiger partial charge on any atom is 0.131 e. The third-order valence-electron chi connectivity index (χ3n) is 2.06. The Bertz CT molecular complexity index is 478. The van der Waals surface area contributed by atoms with Crippen LogP contribution in [0.2, 0.25) is 5.15 Å². The summed E-state index contributed by atoms with van der Waals surface area (Å²) in [6, 6.07) is 1.84. The summed E-state index contributed by atoms with van der Waals surface area (Å²) in [5.74, 6) is 0. The Kier molecular flexibility index (Phi) is 2.34. The van der Waals surface area contributed by atoms with E-state index in [4.69, 9.17) is 11.6 Å². The first-order valence-corrected chi connectivity index (χ1v) is 5.80. The summed E-state index contributed by atoms with van der Waals surface area (Å²) in [7, 11) is 0. The molecule has 0 aliphatic carbocycles. The van der Waals surface area contributed by atoms with Gasteiger partial charge in [-0.3, -0.25) is 0 Å². The van der Waals surface area contributed by atoms with Crippen molar-refractivity contribution in [2.75, 3.05) is 0 Å². The van der Waals surface area contributed by atoms with Crippen LogP contribution in [0.4, 0.5) is 0 Å². The Morgan fingerprint density at radius 2 is 2.15 bits per heavy atom. The molecule has 0 aromatic carbocycles. The number of hydrogen-bond acceptors (Lipinski definition) is 2. The largest absolute Gasteiger partial charge is 0.225 e. The third-order valence-corrected chi connectivity index (χ3v) is 3.98. The number of halogens is 2. The zero-order valence-corrected chi connectivity index (χ0v) is 10.3. The van der Waals surface area contributed by atoms with E-state index in [0.717, 1.165) is 9.30 Å². The number of aromatic nitrogens is 1. The molecule has 0 aliphatic rings. The van der Waals surface area contributed by atoms with Gasteiger partial charge in [-0.15, -0.1) is 11.3 Å². The van der Waals surface area contributed by atoms with Gasteiger partial charge in [0.05, 0.1) is 0 Å². The fraction of sp³-hybridized carbons (Fsp3) is 0.222. The van der Waals surface area contributed by atoms with Crippen molar-refractivity contribution < 1.29 is 0 Å².